The summed E-state index contributed by atoms with van der Waals surface area (Å²) in [6.45, 7) is 0.426. The van der Waals surface area contributed by atoms with Gasteiger partial charge in [-0.1, -0.05) is 36.4 Å². The summed E-state index contributed by atoms with van der Waals surface area (Å²) < 4.78 is 39.3. The summed E-state index contributed by atoms with van der Waals surface area (Å²) >= 11 is 0. The molecule has 0 radical (unpaired) electrons. The van der Waals surface area contributed by atoms with Crippen LogP contribution in [0.2, 0.25) is 0 Å². The van der Waals surface area contributed by atoms with Gasteiger partial charge < -0.3 is 9.64 Å². The second-order valence-electron chi connectivity index (χ2n) is 5.19. The standard InChI is InChI=1S/C10H14F3NO3.C6H6/c1-7-4-2-3-5-14(7)8(15)9(16)17-6-10(11,12)13;1-2-4-6-5-3-1/h7H,2-6H2,1H3;1-6H/t7-;/m1./s1. The highest BCUT2D eigenvalue weighted by Crippen LogP contribution is 2.18. The van der Waals surface area contributed by atoms with Crippen molar-refractivity contribution in [2.24, 2.45) is 0 Å². The number of hydrogen-bond donors (Lipinski definition) is 0. The van der Waals surface area contributed by atoms with E-state index < -0.39 is 24.7 Å². The fraction of sp³-hybridized carbons (Fsp3) is 0.500. The maximum Gasteiger partial charge on any atom is 0.422 e. The first-order valence-corrected chi connectivity index (χ1v) is 7.36. The van der Waals surface area contributed by atoms with Crippen molar-refractivity contribution in [2.75, 3.05) is 13.2 Å². The third kappa shape index (κ3) is 7.67. The molecule has 1 heterocycles. The van der Waals surface area contributed by atoms with Crippen LogP contribution in [0.15, 0.2) is 36.4 Å². The lowest BCUT2D eigenvalue weighted by molar-refractivity contribution is -0.190. The van der Waals surface area contributed by atoms with Crippen LogP contribution in [0, 0.1) is 0 Å². The van der Waals surface area contributed by atoms with Crippen LogP contribution in [0.1, 0.15) is 26.2 Å². The van der Waals surface area contributed by atoms with E-state index in [1.807, 2.05) is 36.4 Å². The number of esters is 1. The van der Waals surface area contributed by atoms with E-state index in [2.05, 4.69) is 4.74 Å². The van der Waals surface area contributed by atoms with E-state index in [1.165, 1.54) is 4.90 Å². The lowest BCUT2D eigenvalue weighted by atomic mass is 10.0. The number of rotatable bonds is 1. The van der Waals surface area contributed by atoms with E-state index in [1.54, 1.807) is 6.92 Å². The molecule has 1 aromatic carbocycles. The normalized spacial score (nSPS) is 17.7. The van der Waals surface area contributed by atoms with Crippen LogP contribution < -0.4 is 0 Å². The van der Waals surface area contributed by atoms with Crippen molar-refractivity contribution in [3.8, 4) is 0 Å². The molecule has 0 spiro atoms. The van der Waals surface area contributed by atoms with Crippen LogP contribution >= 0.6 is 0 Å². The number of carbonyl (C=O) groups excluding carboxylic acids is 2. The molecule has 1 aromatic rings. The van der Waals surface area contributed by atoms with E-state index in [0.29, 0.717) is 6.54 Å². The van der Waals surface area contributed by atoms with E-state index in [-0.39, 0.29) is 6.04 Å². The lowest BCUT2D eigenvalue weighted by Crippen LogP contribution is -2.46. The Balaban J connectivity index is 0.000000366. The van der Waals surface area contributed by atoms with Crippen LogP contribution in [0.25, 0.3) is 0 Å². The number of likely N-dealkylation sites (tertiary alicyclic amines) is 1. The molecular weight excluding hydrogens is 311 g/mol. The number of piperidine rings is 1. The highest BCUT2D eigenvalue weighted by Gasteiger charge is 2.34. The van der Waals surface area contributed by atoms with Gasteiger partial charge in [0.2, 0.25) is 0 Å². The molecule has 0 unspecified atom stereocenters. The molecule has 0 saturated carbocycles. The maximum absolute atomic E-state index is 11.8. The van der Waals surface area contributed by atoms with Crippen molar-refractivity contribution in [3.63, 3.8) is 0 Å². The molecular formula is C16H20F3NO3. The van der Waals surface area contributed by atoms with E-state index in [9.17, 15) is 22.8 Å². The Morgan fingerprint density at radius 2 is 1.61 bits per heavy atom. The zero-order valence-electron chi connectivity index (χ0n) is 12.9. The average molecular weight is 331 g/mol. The van der Waals surface area contributed by atoms with Crippen molar-refractivity contribution < 1.29 is 27.5 Å². The lowest BCUT2D eigenvalue weighted by Gasteiger charge is -2.32. The minimum atomic E-state index is -4.61. The Morgan fingerprint density at radius 3 is 2.04 bits per heavy atom. The second kappa shape index (κ2) is 9.17. The monoisotopic (exact) mass is 331 g/mol. The highest BCUT2D eigenvalue weighted by molar-refractivity contribution is 6.32. The summed E-state index contributed by atoms with van der Waals surface area (Å²) in [6, 6.07) is 11.9. The number of hydrogen-bond acceptors (Lipinski definition) is 3. The Hall–Kier alpha value is -2.05. The van der Waals surface area contributed by atoms with Gasteiger partial charge in [-0.2, -0.15) is 13.2 Å². The van der Waals surface area contributed by atoms with Crippen LogP contribution in [0.4, 0.5) is 13.2 Å². The minimum absolute atomic E-state index is 0.130. The summed E-state index contributed by atoms with van der Waals surface area (Å²) in [5, 5.41) is 0. The zero-order valence-corrected chi connectivity index (χ0v) is 12.9. The summed E-state index contributed by atoms with van der Waals surface area (Å²) in [5.41, 5.74) is 0. The number of amides is 1. The molecule has 1 atom stereocenters. The van der Waals surface area contributed by atoms with Crippen molar-refractivity contribution >= 4 is 11.9 Å². The SMILES string of the molecule is C[C@@H]1CCCCN1C(=O)C(=O)OCC(F)(F)F.c1ccccc1. The molecule has 0 bridgehead atoms. The Kier molecular flexibility index (Phi) is 7.57. The molecule has 0 aromatic heterocycles. The van der Waals surface area contributed by atoms with Gasteiger partial charge in [0.1, 0.15) is 0 Å². The molecule has 1 amide bonds. The summed E-state index contributed by atoms with van der Waals surface area (Å²) in [7, 11) is 0. The van der Waals surface area contributed by atoms with Gasteiger partial charge in [-0.15, -0.1) is 0 Å². The van der Waals surface area contributed by atoms with Crippen LogP contribution in [0.5, 0.6) is 0 Å². The third-order valence-electron chi connectivity index (χ3n) is 3.27. The van der Waals surface area contributed by atoms with E-state index in [4.69, 9.17) is 0 Å². The molecule has 1 aliphatic heterocycles. The van der Waals surface area contributed by atoms with Gasteiger partial charge in [-0.25, -0.2) is 4.79 Å². The molecule has 1 fully saturated rings. The van der Waals surface area contributed by atoms with Crippen molar-refractivity contribution in [2.45, 2.75) is 38.4 Å². The quantitative estimate of drug-likeness (QED) is 0.586. The van der Waals surface area contributed by atoms with Gasteiger partial charge in [-0.05, 0) is 26.2 Å². The predicted octanol–water partition coefficient (Wildman–Crippen LogP) is 3.18. The predicted molar refractivity (Wildman–Crippen MR) is 78.5 cm³/mol. The average Bonchev–Trinajstić information content (AvgIpc) is 2.54. The summed E-state index contributed by atoms with van der Waals surface area (Å²) in [4.78, 5) is 23.9. The first-order chi connectivity index (χ1) is 10.8. The van der Waals surface area contributed by atoms with Crippen LogP contribution in [-0.2, 0) is 14.3 Å². The molecule has 1 aliphatic rings. The number of carbonyl (C=O) groups is 2. The van der Waals surface area contributed by atoms with Gasteiger partial charge in [0, 0.05) is 12.6 Å². The first-order valence-electron chi connectivity index (χ1n) is 7.36. The molecule has 1 saturated heterocycles. The van der Waals surface area contributed by atoms with Gasteiger partial charge in [0.05, 0.1) is 0 Å². The molecule has 4 nitrogen and oxygen atoms in total. The zero-order chi connectivity index (χ0) is 17.3. The molecule has 0 aliphatic carbocycles. The van der Waals surface area contributed by atoms with E-state index in [0.717, 1.165) is 19.3 Å². The second-order valence-corrected chi connectivity index (χ2v) is 5.19. The number of benzene rings is 1. The van der Waals surface area contributed by atoms with Gasteiger partial charge in [-0.3, -0.25) is 4.79 Å². The largest absolute Gasteiger partial charge is 0.449 e. The number of alkyl halides is 3. The Labute approximate surface area is 133 Å². The highest BCUT2D eigenvalue weighted by atomic mass is 19.4. The molecule has 7 heteroatoms. The smallest absolute Gasteiger partial charge is 0.422 e. The van der Waals surface area contributed by atoms with Gasteiger partial charge in [0.15, 0.2) is 6.61 Å². The number of ether oxygens (including phenoxy) is 1. The van der Waals surface area contributed by atoms with Gasteiger partial charge in [0.25, 0.3) is 0 Å². The first kappa shape index (κ1) is 19.0. The van der Waals surface area contributed by atoms with E-state index >= 15 is 0 Å². The fourth-order valence-electron chi connectivity index (χ4n) is 2.11. The topological polar surface area (TPSA) is 46.6 Å². The third-order valence-corrected chi connectivity index (χ3v) is 3.27. The van der Waals surface area contributed by atoms with Crippen molar-refractivity contribution in [3.05, 3.63) is 36.4 Å². The number of halogens is 3. The molecule has 23 heavy (non-hydrogen) atoms. The van der Waals surface area contributed by atoms with Crippen LogP contribution in [0.3, 0.4) is 0 Å². The summed E-state index contributed by atoms with van der Waals surface area (Å²) in [5.74, 6) is -2.42. The minimum Gasteiger partial charge on any atom is -0.449 e. The molecule has 0 N–H and O–H groups in total. The Bertz CT molecular complexity index is 464. The van der Waals surface area contributed by atoms with Crippen molar-refractivity contribution in [1.82, 2.24) is 4.90 Å². The molecule has 2 rings (SSSR count). The van der Waals surface area contributed by atoms with Gasteiger partial charge >= 0.3 is 18.1 Å². The fourth-order valence-corrected chi connectivity index (χ4v) is 2.11. The van der Waals surface area contributed by atoms with Crippen molar-refractivity contribution in [1.29, 1.82) is 0 Å². The maximum atomic E-state index is 11.8. The molecule has 128 valence electrons. The number of nitrogens with zero attached hydrogens (tertiary/aromatic N) is 1. The summed E-state index contributed by atoms with van der Waals surface area (Å²) in [6.07, 6.45) is -2.16. The Morgan fingerprint density at radius 1 is 1.09 bits per heavy atom. The van der Waals surface area contributed by atoms with Crippen LogP contribution in [-0.4, -0.2) is 42.1 Å².